The molecular weight excluding hydrogens is 260 g/mol. The van der Waals surface area contributed by atoms with E-state index in [0.29, 0.717) is 0 Å². The number of sulfone groups is 1. The number of unbranched alkanes of at least 4 members (excludes halogenated alkanes) is 2. The molecule has 0 saturated heterocycles. The lowest BCUT2D eigenvalue weighted by molar-refractivity contribution is 0.602. The third-order valence-corrected chi connectivity index (χ3v) is 5.35. The Labute approximate surface area is 107 Å². The summed E-state index contributed by atoms with van der Waals surface area (Å²) in [6.45, 7) is 5.60. The van der Waals surface area contributed by atoms with Gasteiger partial charge in [0.25, 0.3) is 0 Å². The van der Waals surface area contributed by atoms with Crippen LogP contribution in [0.2, 0.25) is 0 Å². The zero-order chi connectivity index (χ0) is 12.3. The van der Waals surface area contributed by atoms with Crippen LogP contribution in [0.5, 0.6) is 0 Å². The van der Waals surface area contributed by atoms with Gasteiger partial charge >= 0.3 is 0 Å². The minimum Gasteiger partial charge on any atom is -0.228 e. The van der Waals surface area contributed by atoms with Gasteiger partial charge in [-0.1, -0.05) is 53.5 Å². The highest BCUT2D eigenvalue weighted by molar-refractivity contribution is 8.77. The summed E-state index contributed by atoms with van der Waals surface area (Å²) in [5, 5.41) is 1.86. The van der Waals surface area contributed by atoms with Gasteiger partial charge in [-0.3, -0.25) is 0 Å². The third kappa shape index (κ3) is 10.6. The Morgan fingerprint density at radius 3 is 2.62 bits per heavy atom. The minimum absolute atomic E-state index is 0.0612. The summed E-state index contributed by atoms with van der Waals surface area (Å²) in [5.74, 6) is 1.30. The van der Waals surface area contributed by atoms with Crippen molar-refractivity contribution in [2.24, 2.45) is 0 Å². The molecule has 0 unspecified atom stereocenters. The number of hydrogen-bond donors (Lipinski definition) is 0. The predicted molar refractivity (Wildman–Crippen MR) is 77.6 cm³/mol. The Kier molecular flexibility index (Phi) is 10.4. The summed E-state index contributed by atoms with van der Waals surface area (Å²) in [7, 11) is 0.420. The van der Waals surface area contributed by atoms with Gasteiger partial charge in [0.15, 0.2) is 9.84 Å². The van der Waals surface area contributed by atoms with Gasteiger partial charge in [0, 0.05) is 5.75 Å². The Morgan fingerprint density at radius 1 is 1.25 bits per heavy atom. The molecule has 94 valence electrons. The van der Waals surface area contributed by atoms with Crippen LogP contribution in [0.1, 0.15) is 26.2 Å². The second-order valence-corrected chi connectivity index (χ2v) is 7.91. The Bertz CT molecular complexity index is 294. The third-order valence-electron chi connectivity index (χ3n) is 1.77. The van der Waals surface area contributed by atoms with E-state index in [1.807, 2.05) is 5.41 Å². The molecule has 0 rings (SSSR count). The quantitative estimate of drug-likeness (QED) is 0.347. The standard InChI is InChI=1S/C11H20O2S3/c1-3-5-6-8-14-15-9-7-11-16(12,13)10-4-2/h4,7,9H,2-3,5-6,8,10-11H2,1H3/b9-7-. The predicted octanol–water partition coefficient (Wildman–Crippen LogP) is 3.67. The van der Waals surface area contributed by atoms with Gasteiger partial charge < -0.3 is 0 Å². The molecule has 5 heteroatoms. The van der Waals surface area contributed by atoms with E-state index in [-0.39, 0.29) is 11.5 Å². The molecule has 0 bridgehead atoms. The van der Waals surface area contributed by atoms with E-state index in [1.54, 1.807) is 27.7 Å². The van der Waals surface area contributed by atoms with Gasteiger partial charge in [-0.05, 0) is 11.8 Å². The summed E-state index contributed by atoms with van der Waals surface area (Å²) >= 11 is 0. The molecule has 0 fully saturated rings. The smallest absolute Gasteiger partial charge is 0.157 e. The second kappa shape index (κ2) is 10.3. The van der Waals surface area contributed by atoms with Crippen molar-refractivity contribution < 1.29 is 8.42 Å². The van der Waals surface area contributed by atoms with Crippen LogP contribution in [0.3, 0.4) is 0 Å². The van der Waals surface area contributed by atoms with Crippen molar-refractivity contribution in [3.05, 3.63) is 24.1 Å². The van der Waals surface area contributed by atoms with Crippen LogP contribution in [-0.2, 0) is 9.84 Å². The summed E-state index contributed by atoms with van der Waals surface area (Å²) in [4.78, 5) is 0. The molecule has 0 saturated carbocycles. The average Bonchev–Trinajstić information content (AvgIpc) is 2.22. The van der Waals surface area contributed by atoms with Crippen LogP contribution >= 0.6 is 21.6 Å². The van der Waals surface area contributed by atoms with Crippen molar-refractivity contribution in [2.75, 3.05) is 17.3 Å². The SMILES string of the molecule is C=CCS(=O)(=O)C/C=C\SSCCCCC. The first-order chi connectivity index (χ1) is 7.62. The Balaban J connectivity index is 3.51. The normalized spacial score (nSPS) is 12.1. The van der Waals surface area contributed by atoms with Gasteiger partial charge in [-0.2, -0.15) is 0 Å². The molecule has 0 heterocycles. The maximum atomic E-state index is 11.3. The van der Waals surface area contributed by atoms with Crippen LogP contribution in [0.4, 0.5) is 0 Å². The first kappa shape index (κ1) is 16.1. The van der Waals surface area contributed by atoms with E-state index < -0.39 is 9.84 Å². The average molecular weight is 280 g/mol. The minimum atomic E-state index is -2.96. The lowest BCUT2D eigenvalue weighted by Crippen LogP contribution is -2.06. The molecule has 0 N–H and O–H groups in total. The van der Waals surface area contributed by atoms with Crippen LogP contribution in [0, 0.1) is 0 Å². The van der Waals surface area contributed by atoms with Gasteiger partial charge in [0.1, 0.15) is 0 Å². The highest BCUT2D eigenvalue weighted by atomic mass is 33.1. The van der Waals surface area contributed by atoms with Crippen molar-refractivity contribution >= 4 is 31.4 Å². The largest absolute Gasteiger partial charge is 0.228 e. The van der Waals surface area contributed by atoms with Crippen molar-refractivity contribution in [1.82, 2.24) is 0 Å². The number of hydrogen-bond acceptors (Lipinski definition) is 4. The van der Waals surface area contributed by atoms with E-state index in [9.17, 15) is 8.42 Å². The summed E-state index contributed by atoms with van der Waals surface area (Å²) in [6.07, 6.45) is 6.87. The fourth-order valence-electron chi connectivity index (χ4n) is 0.971. The molecule has 0 aromatic carbocycles. The highest BCUT2D eigenvalue weighted by Gasteiger charge is 2.03. The summed E-state index contributed by atoms with van der Waals surface area (Å²) in [5.41, 5.74) is 0. The molecule has 0 radical (unpaired) electrons. The van der Waals surface area contributed by atoms with Crippen LogP contribution in [-0.4, -0.2) is 25.7 Å². The lowest BCUT2D eigenvalue weighted by atomic mass is 10.3. The maximum Gasteiger partial charge on any atom is 0.157 e. The van der Waals surface area contributed by atoms with Gasteiger partial charge in [0.05, 0.1) is 11.5 Å². The van der Waals surface area contributed by atoms with Crippen LogP contribution < -0.4 is 0 Å². The highest BCUT2D eigenvalue weighted by Crippen LogP contribution is 2.23. The topological polar surface area (TPSA) is 34.1 Å². The van der Waals surface area contributed by atoms with Gasteiger partial charge in [-0.15, -0.1) is 6.58 Å². The number of rotatable bonds is 10. The Hall–Kier alpha value is 0.130. The van der Waals surface area contributed by atoms with E-state index in [2.05, 4.69) is 13.5 Å². The zero-order valence-electron chi connectivity index (χ0n) is 9.72. The molecular formula is C11H20O2S3. The molecule has 0 amide bonds. The molecule has 0 aliphatic heterocycles. The monoisotopic (exact) mass is 280 g/mol. The van der Waals surface area contributed by atoms with Crippen LogP contribution in [0.15, 0.2) is 24.1 Å². The summed E-state index contributed by atoms with van der Waals surface area (Å²) in [6, 6.07) is 0. The van der Waals surface area contributed by atoms with Crippen molar-refractivity contribution in [3.8, 4) is 0 Å². The molecule has 2 nitrogen and oxygen atoms in total. The van der Waals surface area contributed by atoms with E-state index in [4.69, 9.17) is 0 Å². The molecule has 0 aromatic rings. The first-order valence-electron chi connectivity index (χ1n) is 5.37. The van der Waals surface area contributed by atoms with Gasteiger partial charge in [-0.25, -0.2) is 8.42 Å². The second-order valence-electron chi connectivity index (χ2n) is 3.36. The fraction of sp³-hybridized carbons (Fsp3) is 0.636. The zero-order valence-corrected chi connectivity index (χ0v) is 12.2. The van der Waals surface area contributed by atoms with E-state index >= 15 is 0 Å². The molecule has 0 aromatic heterocycles. The van der Waals surface area contributed by atoms with Crippen molar-refractivity contribution in [2.45, 2.75) is 26.2 Å². The maximum absolute atomic E-state index is 11.3. The Morgan fingerprint density at radius 2 is 2.00 bits per heavy atom. The van der Waals surface area contributed by atoms with Crippen LogP contribution in [0.25, 0.3) is 0 Å². The van der Waals surface area contributed by atoms with Crippen molar-refractivity contribution in [3.63, 3.8) is 0 Å². The first-order valence-corrected chi connectivity index (χ1v) is 9.57. The molecule has 16 heavy (non-hydrogen) atoms. The molecule has 0 aliphatic rings. The molecule has 0 aliphatic carbocycles. The van der Waals surface area contributed by atoms with E-state index in [0.717, 1.165) is 5.75 Å². The van der Waals surface area contributed by atoms with Gasteiger partial charge in [0.2, 0.25) is 0 Å². The molecule has 0 atom stereocenters. The lowest BCUT2D eigenvalue weighted by Gasteiger charge is -1.96. The molecule has 0 spiro atoms. The van der Waals surface area contributed by atoms with E-state index in [1.165, 1.54) is 25.3 Å². The van der Waals surface area contributed by atoms with Crippen molar-refractivity contribution in [1.29, 1.82) is 0 Å². The fourth-order valence-corrected chi connectivity index (χ4v) is 3.76. The summed E-state index contributed by atoms with van der Waals surface area (Å²) < 4.78 is 22.5.